The summed E-state index contributed by atoms with van der Waals surface area (Å²) in [5.74, 6) is 4.02. The smallest absolute Gasteiger partial charge is 0.200 e. The van der Waals surface area contributed by atoms with Crippen molar-refractivity contribution in [3.8, 4) is 0 Å². The van der Waals surface area contributed by atoms with E-state index in [4.69, 9.17) is 5.73 Å². The molecule has 12 heavy (non-hydrogen) atoms. The Morgan fingerprint density at radius 2 is 2.67 bits per heavy atom. The van der Waals surface area contributed by atoms with Crippen LogP contribution in [0, 0.1) is 5.92 Å². The minimum Gasteiger partial charge on any atom is -0.369 e. The molecule has 0 radical (unpaired) electrons. The monoisotopic (exact) mass is 183 g/mol. The second-order valence-corrected chi connectivity index (χ2v) is 4.32. The highest BCUT2D eigenvalue weighted by Gasteiger charge is 2.16. The Balaban J connectivity index is 1.98. The predicted molar refractivity (Wildman–Crippen MR) is 52.1 cm³/mol. The summed E-state index contributed by atoms with van der Waals surface area (Å²) in [5, 5.41) is 0. The summed E-state index contributed by atoms with van der Waals surface area (Å²) in [6, 6.07) is 0. The van der Waals surface area contributed by atoms with E-state index in [0.29, 0.717) is 5.95 Å². The van der Waals surface area contributed by atoms with E-state index < -0.39 is 0 Å². The molecule has 1 aliphatic rings. The number of nitrogens with zero attached hydrogens (tertiary/aromatic N) is 2. The first-order valence-corrected chi connectivity index (χ1v) is 5.36. The fourth-order valence-corrected chi connectivity index (χ4v) is 2.77. The maximum absolute atomic E-state index is 5.66. The lowest BCUT2D eigenvalue weighted by atomic mass is 10.1. The predicted octanol–water partition coefficient (Wildman–Crippen LogP) is 1.22. The Labute approximate surface area is 76.4 Å². The number of thioether (sulfide) groups is 1. The second-order valence-electron chi connectivity index (χ2n) is 3.17. The normalized spacial score (nSPS) is 23.2. The van der Waals surface area contributed by atoms with Crippen molar-refractivity contribution in [3.63, 3.8) is 0 Å². The van der Waals surface area contributed by atoms with E-state index in [1.54, 1.807) is 6.20 Å². The van der Waals surface area contributed by atoms with E-state index in [0.717, 1.165) is 12.5 Å². The van der Waals surface area contributed by atoms with Gasteiger partial charge in [-0.25, -0.2) is 4.98 Å². The van der Waals surface area contributed by atoms with Crippen LogP contribution in [0.2, 0.25) is 0 Å². The molecule has 0 amide bonds. The zero-order chi connectivity index (χ0) is 8.39. The van der Waals surface area contributed by atoms with Gasteiger partial charge < -0.3 is 10.3 Å². The van der Waals surface area contributed by atoms with Crippen LogP contribution in [0.3, 0.4) is 0 Å². The molecule has 2 rings (SSSR count). The average molecular weight is 183 g/mol. The third-order valence-electron chi connectivity index (χ3n) is 2.23. The Bertz CT molecular complexity index is 253. The second kappa shape index (κ2) is 3.39. The molecule has 1 aromatic heterocycles. The van der Waals surface area contributed by atoms with E-state index in [9.17, 15) is 0 Å². The topological polar surface area (TPSA) is 43.8 Å². The molecule has 3 nitrogen and oxygen atoms in total. The number of hydrogen-bond donors (Lipinski definition) is 1. The van der Waals surface area contributed by atoms with Gasteiger partial charge in [-0.15, -0.1) is 0 Å². The summed E-state index contributed by atoms with van der Waals surface area (Å²) >= 11 is 2.04. The number of aromatic nitrogens is 2. The molecule has 0 aromatic carbocycles. The fraction of sp³-hybridized carbons (Fsp3) is 0.625. The van der Waals surface area contributed by atoms with Crippen molar-refractivity contribution in [3.05, 3.63) is 12.4 Å². The van der Waals surface area contributed by atoms with E-state index in [2.05, 4.69) is 4.98 Å². The maximum atomic E-state index is 5.66. The van der Waals surface area contributed by atoms with Gasteiger partial charge in [-0.05, 0) is 23.8 Å². The SMILES string of the molecule is Nc1nccn1CC1CCSC1. The summed E-state index contributed by atoms with van der Waals surface area (Å²) in [5.41, 5.74) is 5.66. The number of hydrogen-bond acceptors (Lipinski definition) is 3. The highest BCUT2D eigenvalue weighted by molar-refractivity contribution is 7.99. The minimum atomic E-state index is 0.645. The molecular formula is C8H13N3S. The van der Waals surface area contributed by atoms with Crippen LogP contribution in [-0.4, -0.2) is 21.1 Å². The molecular weight excluding hydrogens is 170 g/mol. The van der Waals surface area contributed by atoms with Gasteiger partial charge in [0.25, 0.3) is 0 Å². The van der Waals surface area contributed by atoms with E-state index in [1.807, 2.05) is 22.5 Å². The van der Waals surface area contributed by atoms with E-state index >= 15 is 0 Å². The highest BCUT2D eigenvalue weighted by atomic mass is 32.2. The number of nitrogens with two attached hydrogens (primary N) is 1. The summed E-state index contributed by atoms with van der Waals surface area (Å²) < 4.78 is 2.04. The lowest BCUT2D eigenvalue weighted by Gasteiger charge is -2.09. The molecule has 0 bridgehead atoms. The third kappa shape index (κ3) is 1.58. The summed E-state index contributed by atoms with van der Waals surface area (Å²) in [6.07, 6.45) is 5.04. The Kier molecular flexibility index (Phi) is 2.26. The van der Waals surface area contributed by atoms with E-state index in [1.165, 1.54) is 17.9 Å². The van der Waals surface area contributed by atoms with Crippen molar-refractivity contribution >= 4 is 17.7 Å². The van der Waals surface area contributed by atoms with Gasteiger partial charge in [-0.3, -0.25) is 0 Å². The van der Waals surface area contributed by atoms with Gasteiger partial charge in [0.05, 0.1) is 0 Å². The molecule has 2 N–H and O–H groups in total. The maximum Gasteiger partial charge on any atom is 0.200 e. The standard InChI is InChI=1S/C8H13N3S/c9-8-10-2-3-11(8)5-7-1-4-12-6-7/h2-3,7H,1,4-6H2,(H2,9,10). The Hall–Kier alpha value is -0.640. The van der Waals surface area contributed by atoms with Crippen LogP contribution in [-0.2, 0) is 6.54 Å². The van der Waals surface area contributed by atoms with Gasteiger partial charge >= 0.3 is 0 Å². The molecule has 0 aliphatic carbocycles. The molecule has 2 heterocycles. The lowest BCUT2D eigenvalue weighted by molar-refractivity contribution is 0.497. The molecule has 0 saturated carbocycles. The van der Waals surface area contributed by atoms with Gasteiger partial charge in [0, 0.05) is 18.9 Å². The van der Waals surface area contributed by atoms with Crippen LogP contribution in [0.25, 0.3) is 0 Å². The zero-order valence-corrected chi connectivity index (χ0v) is 7.76. The van der Waals surface area contributed by atoms with Crippen molar-refractivity contribution < 1.29 is 0 Å². The van der Waals surface area contributed by atoms with Gasteiger partial charge in [0.1, 0.15) is 0 Å². The largest absolute Gasteiger partial charge is 0.369 e. The summed E-state index contributed by atoms with van der Waals surface area (Å²) in [7, 11) is 0. The summed E-state index contributed by atoms with van der Waals surface area (Å²) in [6.45, 7) is 1.04. The van der Waals surface area contributed by atoms with Gasteiger partial charge in [0.15, 0.2) is 5.95 Å². The number of anilines is 1. The van der Waals surface area contributed by atoms with Crippen LogP contribution < -0.4 is 5.73 Å². The highest BCUT2D eigenvalue weighted by Crippen LogP contribution is 2.25. The first-order chi connectivity index (χ1) is 5.86. The molecule has 1 aliphatic heterocycles. The Morgan fingerprint density at radius 1 is 1.75 bits per heavy atom. The fourth-order valence-electron chi connectivity index (χ4n) is 1.50. The van der Waals surface area contributed by atoms with Gasteiger partial charge in [0.2, 0.25) is 0 Å². The average Bonchev–Trinajstić information content (AvgIpc) is 2.65. The van der Waals surface area contributed by atoms with Crippen LogP contribution in [0.15, 0.2) is 12.4 Å². The van der Waals surface area contributed by atoms with Crippen molar-refractivity contribution in [2.45, 2.75) is 13.0 Å². The third-order valence-corrected chi connectivity index (χ3v) is 3.46. The van der Waals surface area contributed by atoms with Crippen molar-refractivity contribution in [2.75, 3.05) is 17.2 Å². The van der Waals surface area contributed by atoms with Crippen LogP contribution in [0.5, 0.6) is 0 Å². The Morgan fingerprint density at radius 3 is 3.25 bits per heavy atom. The van der Waals surface area contributed by atoms with E-state index in [-0.39, 0.29) is 0 Å². The molecule has 1 atom stereocenters. The van der Waals surface area contributed by atoms with Crippen LogP contribution in [0.1, 0.15) is 6.42 Å². The van der Waals surface area contributed by atoms with Crippen molar-refractivity contribution in [1.82, 2.24) is 9.55 Å². The zero-order valence-electron chi connectivity index (χ0n) is 6.94. The molecule has 1 aromatic rings. The molecule has 0 spiro atoms. The van der Waals surface area contributed by atoms with Crippen molar-refractivity contribution in [2.24, 2.45) is 5.92 Å². The van der Waals surface area contributed by atoms with Gasteiger partial charge in [-0.2, -0.15) is 11.8 Å². The first kappa shape index (κ1) is 7.98. The molecule has 1 unspecified atom stereocenters. The molecule has 1 saturated heterocycles. The van der Waals surface area contributed by atoms with Gasteiger partial charge in [-0.1, -0.05) is 0 Å². The molecule has 66 valence electrons. The van der Waals surface area contributed by atoms with Crippen LogP contribution >= 0.6 is 11.8 Å². The number of imidazole rings is 1. The quantitative estimate of drug-likeness (QED) is 0.749. The van der Waals surface area contributed by atoms with Crippen molar-refractivity contribution in [1.29, 1.82) is 0 Å². The molecule has 4 heteroatoms. The number of nitrogen functional groups attached to an aromatic ring is 1. The van der Waals surface area contributed by atoms with Crippen LogP contribution in [0.4, 0.5) is 5.95 Å². The minimum absolute atomic E-state index is 0.645. The lowest BCUT2D eigenvalue weighted by Crippen LogP contribution is -2.11. The first-order valence-electron chi connectivity index (χ1n) is 4.20. The molecule has 1 fully saturated rings. The summed E-state index contributed by atoms with van der Waals surface area (Å²) in [4.78, 5) is 3.99. The number of rotatable bonds is 2.